The van der Waals surface area contributed by atoms with Crippen molar-refractivity contribution in [3.05, 3.63) is 45.7 Å². The van der Waals surface area contributed by atoms with Crippen molar-refractivity contribution in [3.63, 3.8) is 0 Å². The third-order valence-corrected chi connectivity index (χ3v) is 7.00. The Morgan fingerprint density at radius 1 is 1.26 bits per heavy atom. The van der Waals surface area contributed by atoms with Crippen LogP contribution in [0.2, 0.25) is 5.02 Å². The lowest BCUT2D eigenvalue weighted by Crippen LogP contribution is -2.35. The lowest BCUT2D eigenvalue weighted by molar-refractivity contribution is 0.0743. The number of amides is 1. The van der Waals surface area contributed by atoms with Crippen LogP contribution < -0.4 is 4.72 Å². The van der Waals surface area contributed by atoms with E-state index in [0.717, 1.165) is 18.4 Å². The second-order valence-electron chi connectivity index (χ2n) is 7.14. The molecule has 0 spiro atoms. The van der Waals surface area contributed by atoms with Crippen molar-refractivity contribution in [3.8, 4) is 0 Å². The van der Waals surface area contributed by atoms with E-state index >= 15 is 0 Å². The molecule has 3 rings (SSSR count). The molecule has 1 unspecified atom stereocenters. The lowest BCUT2D eigenvalue weighted by atomic mass is 10.2. The number of benzene rings is 1. The highest BCUT2D eigenvalue weighted by Gasteiger charge is 2.34. The average Bonchev–Trinajstić information content (AvgIpc) is 3.13. The molecule has 1 amide bonds. The smallest absolute Gasteiger partial charge is 0.264 e. The minimum atomic E-state index is -3.96. The predicted molar refractivity (Wildman–Crippen MR) is 107 cm³/mol. The SMILES string of the molecule is Cc1ccc(NS(=O)(=O)c2c(C)[nH]c(C)c2C(=O)N2CCCC2C)cc1Cl. The van der Waals surface area contributed by atoms with Gasteiger partial charge in [0.1, 0.15) is 4.90 Å². The number of rotatable bonds is 4. The summed E-state index contributed by atoms with van der Waals surface area (Å²) in [5.41, 5.74) is 2.42. The third-order valence-electron chi connectivity index (χ3n) is 5.04. The minimum absolute atomic E-state index is 0.000738. The Morgan fingerprint density at radius 2 is 1.96 bits per heavy atom. The first-order valence-electron chi connectivity index (χ1n) is 8.91. The monoisotopic (exact) mass is 409 g/mol. The molecule has 1 aromatic heterocycles. The molecule has 2 aromatic rings. The normalized spacial score (nSPS) is 17.4. The van der Waals surface area contributed by atoms with Crippen LogP contribution in [0.4, 0.5) is 5.69 Å². The standard InChI is InChI=1S/C19H24ClN3O3S/c1-11-7-8-15(10-16(11)20)22-27(25,26)18-14(4)21-13(3)17(18)19(24)23-9-5-6-12(23)2/h7-8,10,12,21-22H,5-6,9H2,1-4H3. The number of aromatic amines is 1. The Bertz CT molecular complexity index is 998. The van der Waals surface area contributed by atoms with E-state index in [1.54, 1.807) is 36.9 Å². The van der Waals surface area contributed by atoms with Gasteiger partial charge in [-0.15, -0.1) is 0 Å². The first kappa shape index (κ1) is 19.8. The highest BCUT2D eigenvalue weighted by Crippen LogP contribution is 2.30. The summed E-state index contributed by atoms with van der Waals surface area (Å²) in [6.45, 7) is 7.86. The molecular formula is C19H24ClN3O3S. The summed E-state index contributed by atoms with van der Waals surface area (Å²) in [5, 5.41) is 0.472. The van der Waals surface area contributed by atoms with E-state index in [1.165, 1.54) is 0 Å². The van der Waals surface area contributed by atoms with Crippen molar-refractivity contribution in [2.75, 3.05) is 11.3 Å². The van der Waals surface area contributed by atoms with Crippen LogP contribution in [0.1, 0.15) is 47.1 Å². The quantitative estimate of drug-likeness (QED) is 0.800. The minimum Gasteiger partial charge on any atom is -0.361 e. The van der Waals surface area contributed by atoms with Crippen LogP contribution in [0.5, 0.6) is 0 Å². The van der Waals surface area contributed by atoms with Crippen LogP contribution in [0.25, 0.3) is 0 Å². The molecule has 1 aliphatic heterocycles. The Labute approximate surface area is 165 Å². The Morgan fingerprint density at radius 3 is 2.56 bits per heavy atom. The fourth-order valence-electron chi connectivity index (χ4n) is 3.59. The molecule has 1 aromatic carbocycles. The topological polar surface area (TPSA) is 82.3 Å². The third kappa shape index (κ3) is 3.71. The summed E-state index contributed by atoms with van der Waals surface area (Å²) < 4.78 is 28.8. The van der Waals surface area contributed by atoms with Crippen molar-refractivity contribution >= 4 is 33.2 Å². The maximum atomic E-state index is 13.1. The van der Waals surface area contributed by atoms with Gasteiger partial charge >= 0.3 is 0 Å². The number of H-pyrrole nitrogens is 1. The molecule has 2 heterocycles. The second-order valence-corrected chi connectivity index (χ2v) is 9.16. The molecule has 1 fully saturated rings. The van der Waals surface area contributed by atoms with Gasteiger partial charge in [-0.1, -0.05) is 17.7 Å². The maximum absolute atomic E-state index is 13.1. The number of halogens is 1. The maximum Gasteiger partial charge on any atom is 0.264 e. The summed E-state index contributed by atoms with van der Waals surface area (Å²) in [5.74, 6) is -0.246. The van der Waals surface area contributed by atoms with Crippen LogP contribution in [-0.2, 0) is 10.0 Å². The van der Waals surface area contributed by atoms with Gasteiger partial charge in [0.2, 0.25) is 0 Å². The fraction of sp³-hybridized carbons (Fsp3) is 0.421. The van der Waals surface area contributed by atoms with E-state index in [0.29, 0.717) is 28.6 Å². The zero-order valence-electron chi connectivity index (χ0n) is 15.9. The van der Waals surface area contributed by atoms with Gasteiger partial charge in [0.25, 0.3) is 15.9 Å². The molecule has 27 heavy (non-hydrogen) atoms. The number of nitrogens with zero attached hydrogens (tertiary/aromatic N) is 1. The molecule has 1 saturated heterocycles. The summed E-state index contributed by atoms with van der Waals surface area (Å²) in [6.07, 6.45) is 1.86. The van der Waals surface area contributed by atoms with Crippen molar-refractivity contribution < 1.29 is 13.2 Å². The number of anilines is 1. The van der Waals surface area contributed by atoms with E-state index in [2.05, 4.69) is 9.71 Å². The van der Waals surface area contributed by atoms with Gasteiger partial charge in [0.05, 0.1) is 11.3 Å². The van der Waals surface area contributed by atoms with Crippen LogP contribution >= 0.6 is 11.6 Å². The van der Waals surface area contributed by atoms with Gasteiger partial charge in [0.15, 0.2) is 0 Å². The zero-order valence-corrected chi connectivity index (χ0v) is 17.5. The number of hydrogen-bond acceptors (Lipinski definition) is 3. The molecule has 6 nitrogen and oxygen atoms in total. The Kier molecular flexibility index (Phi) is 5.27. The van der Waals surface area contributed by atoms with E-state index in [-0.39, 0.29) is 22.4 Å². The zero-order chi connectivity index (χ0) is 19.9. The largest absolute Gasteiger partial charge is 0.361 e. The van der Waals surface area contributed by atoms with Crippen LogP contribution in [0.3, 0.4) is 0 Å². The van der Waals surface area contributed by atoms with Gasteiger partial charge in [-0.3, -0.25) is 9.52 Å². The number of carbonyl (C=O) groups excluding carboxylic acids is 1. The van der Waals surface area contributed by atoms with Crippen LogP contribution in [0.15, 0.2) is 23.1 Å². The van der Waals surface area contributed by atoms with Crippen LogP contribution in [-0.4, -0.2) is 36.8 Å². The summed E-state index contributed by atoms with van der Waals surface area (Å²) >= 11 is 6.11. The van der Waals surface area contributed by atoms with Crippen molar-refractivity contribution in [1.29, 1.82) is 0 Å². The number of nitrogens with one attached hydrogen (secondary N) is 2. The van der Waals surface area contributed by atoms with E-state index in [1.807, 2.05) is 13.8 Å². The molecule has 0 bridgehead atoms. The summed E-state index contributed by atoms with van der Waals surface area (Å²) in [6, 6.07) is 5.06. The number of aryl methyl sites for hydroxylation is 3. The van der Waals surface area contributed by atoms with Crippen LogP contribution in [0, 0.1) is 20.8 Å². The number of aromatic nitrogens is 1. The molecule has 1 atom stereocenters. The number of hydrogen-bond donors (Lipinski definition) is 2. The molecule has 2 N–H and O–H groups in total. The van der Waals surface area contributed by atoms with Crippen molar-refractivity contribution in [1.82, 2.24) is 9.88 Å². The molecule has 8 heteroatoms. The second kappa shape index (κ2) is 7.20. The summed E-state index contributed by atoms with van der Waals surface area (Å²) in [7, 11) is -3.96. The summed E-state index contributed by atoms with van der Waals surface area (Å²) in [4.78, 5) is 17.9. The lowest BCUT2D eigenvalue weighted by Gasteiger charge is -2.22. The molecule has 1 aliphatic rings. The van der Waals surface area contributed by atoms with Gasteiger partial charge in [-0.25, -0.2) is 8.42 Å². The predicted octanol–water partition coefficient (Wildman–Crippen LogP) is 4.02. The van der Waals surface area contributed by atoms with Gasteiger partial charge in [0, 0.05) is 29.0 Å². The number of sulfonamides is 1. The number of carbonyl (C=O) groups is 1. The first-order chi connectivity index (χ1) is 12.6. The van der Waals surface area contributed by atoms with E-state index in [9.17, 15) is 13.2 Å². The molecular weight excluding hydrogens is 386 g/mol. The highest BCUT2D eigenvalue weighted by molar-refractivity contribution is 7.92. The molecule has 0 radical (unpaired) electrons. The van der Waals surface area contributed by atoms with Crippen molar-refractivity contribution in [2.45, 2.75) is 51.5 Å². The Hall–Kier alpha value is -1.99. The van der Waals surface area contributed by atoms with Crippen molar-refractivity contribution in [2.24, 2.45) is 0 Å². The first-order valence-corrected chi connectivity index (χ1v) is 10.8. The molecule has 0 aliphatic carbocycles. The molecule has 146 valence electrons. The van der Waals surface area contributed by atoms with E-state index < -0.39 is 10.0 Å². The van der Waals surface area contributed by atoms with E-state index in [4.69, 9.17) is 11.6 Å². The highest BCUT2D eigenvalue weighted by atomic mass is 35.5. The fourth-order valence-corrected chi connectivity index (χ4v) is 5.28. The number of likely N-dealkylation sites (tertiary alicyclic amines) is 1. The van der Waals surface area contributed by atoms with Gasteiger partial charge in [-0.2, -0.15) is 0 Å². The van der Waals surface area contributed by atoms with Gasteiger partial charge in [-0.05, 0) is 58.2 Å². The average molecular weight is 410 g/mol. The molecule has 0 saturated carbocycles. The van der Waals surface area contributed by atoms with Gasteiger partial charge < -0.3 is 9.88 Å². The Balaban J connectivity index is 2.02.